The molecular weight excluding hydrogens is 378 g/mol. The first-order valence-corrected chi connectivity index (χ1v) is 8.93. The number of ether oxygens (including phenoxy) is 1. The number of aryl methyl sites for hydroxylation is 1. The zero-order valence-corrected chi connectivity index (χ0v) is 15.6. The Labute approximate surface area is 160 Å². The molecule has 0 saturated carbocycles. The molecule has 0 saturated heterocycles. The highest BCUT2D eigenvalue weighted by atomic mass is 19.4. The molecule has 1 heterocycles. The number of nitrogens with one attached hydrogen (secondary N) is 1. The van der Waals surface area contributed by atoms with Gasteiger partial charge in [0.25, 0.3) is 0 Å². The highest BCUT2D eigenvalue weighted by molar-refractivity contribution is 5.77. The number of hydrogen-bond acceptors (Lipinski definition) is 3. The van der Waals surface area contributed by atoms with Crippen molar-refractivity contribution in [1.29, 1.82) is 0 Å². The summed E-state index contributed by atoms with van der Waals surface area (Å²) >= 11 is 0. The normalized spacial score (nSPS) is 11.6. The Bertz CT molecular complexity index is 762. The van der Waals surface area contributed by atoms with Crippen molar-refractivity contribution in [2.75, 3.05) is 26.8 Å². The first kappa shape index (κ1) is 21.9. The fraction of sp³-hybridized carbons (Fsp3) is 0.474. The van der Waals surface area contributed by atoms with Gasteiger partial charge in [0.05, 0.1) is 5.69 Å². The van der Waals surface area contributed by atoms with E-state index < -0.39 is 25.3 Å². The summed E-state index contributed by atoms with van der Waals surface area (Å²) in [5.41, 5.74) is 2.32. The van der Waals surface area contributed by atoms with Crippen LogP contribution < -0.4 is 0 Å². The van der Waals surface area contributed by atoms with Crippen LogP contribution in [-0.4, -0.2) is 54.0 Å². The number of aromatic amines is 1. The first-order chi connectivity index (χ1) is 13.2. The molecule has 28 heavy (non-hydrogen) atoms. The SMILES string of the molecule is CN(CCCCCc1cc(-c2cccc(F)c2)n[nH]1)C(=O)COCC(F)(F)F. The standard InChI is InChI=1S/C19H23F4N3O2/c1-26(18(27)12-28-13-19(21,22)23)9-4-2-3-8-16-11-17(25-24-16)14-6-5-7-15(20)10-14/h5-7,10-11H,2-4,8-9,12-13H2,1H3,(H,24,25). The topological polar surface area (TPSA) is 58.2 Å². The predicted octanol–water partition coefficient (Wildman–Crippen LogP) is 3.97. The fourth-order valence-corrected chi connectivity index (χ4v) is 2.62. The third-order valence-corrected chi connectivity index (χ3v) is 4.11. The molecule has 0 aliphatic heterocycles. The van der Waals surface area contributed by atoms with Crippen molar-refractivity contribution in [1.82, 2.24) is 15.1 Å². The number of H-pyrrole nitrogens is 1. The minimum Gasteiger partial charge on any atom is -0.362 e. The Hall–Kier alpha value is -2.42. The van der Waals surface area contributed by atoms with Gasteiger partial charge in [0, 0.05) is 24.8 Å². The van der Waals surface area contributed by atoms with Gasteiger partial charge in [0.1, 0.15) is 19.0 Å². The van der Waals surface area contributed by atoms with Crippen LogP contribution in [0.25, 0.3) is 11.3 Å². The number of benzene rings is 1. The van der Waals surface area contributed by atoms with Crippen LogP contribution in [0.5, 0.6) is 0 Å². The smallest absolute Gasteiger partial charge is 0.362 e. The Morgan fingerprint density at radius 3 is 2.71 bits per heavy atom. The summed E-state index contributed by atoms with van der Waals surface area (Å²) in [5, 5.41) is 7.12. The van der Waals surface area contributed by atoms with Gasteiger partial charge in [0.15, 0.2) is 0 Å². The fourth-order valence-electron chi connectivity index (χ4n) is 2.62. The second-order valence-corrected chi connectivity index (χ2v) is 6.52. The molecule has 1 N–H and O–H groups in total. The van der Waals surface area contributed by atoms with Crippen LogP contribution in [0.2, 0.25) is 0 Å². The summed E-state index contributed by atoms with van der Waals surface area (Å²) < 4.78 is 53.6. The van der Waals surface area contributed by atoms with Gasteiger partial charge >= 0.3 is 6.18 Å². The summed E-state index contributed by atoms with van der Waals surface area (Å²) in [6.07, 6.45) is -1.24. The summed E-state index contributed by atoms with van der Waals surface area (Å²) in [7, 11) is 1.54. The molecule has 5 nitrogen and oxygen atoms in total. The number of nitrogens with zero attached hydrogens (tertiary/aromatic N) is 2. The average molecular weight is 401 g/mol. The number of amides is 1. The van der Waals surface area contributed by atoms with E-state index in [-0.39, 0.29) is 5.82 Å². The Morgan fingerprint density at radius 2 is 2.00 bits per heavy atom. The van der Waals surface area contributed by atoms with Crippen LogP contribution in [0, 0.1) is 5.82 Å². The number of alkyl halides is 3. The van der Waals surface area contributed by atoms with Gasteiger partial charge in [-0.15, -0.1) is 0 Å². The van der Waals surface area contributed by atoms with Crippen molar-refractivity contribution in [3.63, 3.8) is 0 Å². The van der Waals surface area contributed by atoms with Gasteiger partial charge in [0.2, 0.25) is 5.91 Å². The molecule has 0 bridgehead atoms. The van der Waals surface area contributed by atoms with Crippen molar-refractivity contribution >= 4 is 5.91 Å². The van der Waals surface area contributed by atoms with Gasteiger partial charge in [-0.3, -0.25) is 9.89 Å². The molecule has 1 aromatic carbocycles. The lowest BCUT2D eigenvalue weighted by atomic mass is 10.1. The summed E-state index contributed by atoms with van der Waals surface area (Å²) in [6, 6.07) is 8.09. The van der Waals surface area contributed by atoms with Crippen LogP contribution in [0.15, 0.2) is 30.3 Å². The molecule has 0 spiro atoms. The van der Waals surface area contributed by atoms with Crippen LogP contribution in [-0.2, 0) is 16.0 Å². The van der Waals surface area contributed by atoms with E-state index in [2.05, 4.69) is 14.9 Å². The zero-order chi connectivity index (χ0) is 20.6. The molecular formula is C19H23F4N3O2. The van der Waals surface area contributed by atoms with E-state index in [0.717, 1.165) is 31.4 Å². The van der Waals surface area contributed by atoms with Crippen molar-refractivity contribution < 1.29 is 27.1 Å². The third-order valence-electron chi connectivity index (χ3n) is 4.11. The average Bonchev–Trinajstić information content (AvgIpc) is 3.09. The van der Waals surface area contributed by atoms with Crippen LogP contribution in [0.3, 0.4) is 0 Å². The summed E-state index contributed by atoms with van der Waals surface area (Å²) in [4.78, 5) is 13.0. The minimum absolute atomic E-state index is 0.315. The summed E-state index contributed by atoms with van der Waals surface area (Å²) in [6.45, 7) is -1.55. The maximum absolute atomic E-state index is 13.3. The van der Waals surface area contributed by atoms with Crippen molar-refractivity contribution in [2.24, 2.45) is 0 Å². The molecule has 0 atom stereocenters. The maximum Gasteiger partial charge on any atom is 0.411 e. The van der Waals surface area contributed by atoms with Gasteiger partial charge in [-0.2, -0.15) is 18.3 Å². The number of halogens is 4. The van der Waals surface area contributed by atoms with E-state index in [1.807, 2.05) is 6.07 Å². The van der Waals surface area contributed by atoms with Crippen molar-refractivity contribution in [2.45, 2.75) is 31.9 Å². The van der Waals surface area contributed by atoms with E-state index >= 15 is 0 Å². The third kappa shape index (κ3) is 7.67. The Balaban J connectivity index is 1.63. The number of hydrogen-bond donors (Lipinski definition) is 1. The quantitative estimate of drug-likeness (QED) is 0.484. The molecule has 0 radical (unpaired) electrons. The first-order valence-electron chi connectivity index (χ1n) is 8.93. The second-order valence-electron chi connectivity index (χ2n) is 6.52. The molecule has 0 aliphatic rings. The molecule has 9 heteroatoms. The highest BCUT2D eigenvalue weighted by Crippen LogP contribution is 2.19. The van der Waals surface area contributed by atoms with Gasteiger partial charge in [-0.05, 0) is 37.5 Å². The largest absolute Gasteiger partial charge is 0.411 e. The van der Waals surface area contributed by atoms with Gasteiger partial charge < -0.3 is 9.64 Å². The number of carbonyl (C=O) groups excluding carboxylic acids is 1. The van der Waals surface area contributed by atoms with E-state index in [1.165, 1.54) is 17.0 Å². The van der Waals surface area contributed by atoms with E-state index in [9.17, 15) is 22.4 Å². The Kier molecular flexibility index (Phi) is 7.98. The zero-order valence-electron chi connectivity index (χ0n) is 15.6. The molecule has 0 fully saturated rings. The van der Waals surface area contributed by atoms with Crippen molar-refractivity contribution in [3.8, 4) is 11.3 Å². The number of unbranched alkanes of at least 4 members (excludes halogenated alkanes) is 2. The lowest BCUT2D eigenvalue weighted by Gasteiger charge is -2.17. The van der Waals surface area contributed by atoms with Gasteiger partial charge in [-0.1, -0.05) is 18.6 Å². The van der Waals surface area contributed by atoms with Crippen LogP contribution >= 0.6 is 0 Å². The molecule has 0 aliphatic carbocycles. The minimum atomic E-state index is -4.43. The molecule has 1 amide bonds. The Morgan fingerprint density at radius 1 is 1.21 bits per heavy atom. The van der Waals surface area contributed by atoms with E-state index in [4.69, 9.17) is 0 Å². The number of carbonyl (C=O) groups is 1. The van der Waals surface area contributed by atoms with E-state index in [1.54, 1.807) is 19.2 Å². The number of aromatic nitrogens is 2. The van der Waals surface area contributed by atoms with Crippen molar-refractivity contribution in [3.05, 3.63) is 41.8 Å². The molecule has 1 aromatic heterocycles. The highest BCUT2D eigenvalue weighted by Gasteiger charge is 2.28. The predicted molar refractivity (Wildman–Crippen MR) is 96.0 cm³/mol. The number of rotatable bonds is 10. The molecule has 0 unspecified atom stereocenters. The second kappa shape index (κ2) is 10.2. The molecule has 154 valence electrons. The summed E-state index contributed by atoms with van der Waals surface area (Å²) in [5.74, 6) is -0.790. The van der Waals surface area contributed by atoms with Crippen LogP contribution in [0.1, 0.15) is 25.0 Å². The molecule has 2 aromatic rings. The van der Waals surface area contributed by atoms with E-state index in [0.29, 0.717) is 17.8 Å². The maximum atomic E-state index is 13.3. The van der Waals surface area contributed by atoms with Gasteiger partial charge in [-0.25, -0.2) is 4.39 Å². The monoisotopic (exact) mass is 401 g/mol. The lowest BCUT2D eigenvalue weighted by molar-refractivity contribution is -0.177. The number of likely N-dealkylation sites (N-methyl/N-ethyl adjacent to an activating group) is 1. The lowest BCUT2D eigenvalue weighted by Crippen LogP contribution is -2.32. The molecule has 2 rings (SSSR count). The van der Waals surface area contributed by atoms with Crippen LogP contribution in [0.4, 0.5) is 17.6 Å².